The molecule has 0 saturated carbocycles. The van der Waals surface area contributed by atoms with Gasteiger partial charge in [0.1, 0.15) is 16.8 Å². The minimum Gasteiger partial charge on any atom is -0.357 e. The van der Waals surface area contributed by atoms with Gasteiger partial charge >= 0.3 is 0 Å². The Labute approximate surface area is 179 Å². The van der Waals surface area contributed by atoms with Crippen LogP contribution in [0.3, 0.4) is 0 Å². The van der Waals surface area contributed by atoms with Gasteiger partial charge in [-0.1, -0.05) is 30.3 Å². The van der Waals surface area contributed by atoms with E-state index in [4.69, 9.17) is 0 Å². The Morgan fingerprint density at radius 3 is 2.42 bits per heavy atom. The summed E-state index contributed by atoms with van der Waals surface area (Å²) in [5.41, 5.74) is 0.265. The number of fused-ring (bicyclic) bond motifs is 1. The number of nitrogens with one attached hydrogen (secondary N) is 1. The number of carbonyl (C=O) groups excluding carboxylic acids is 3. The number of halogens is 1. The number of benzene rings is 2. The fourth-order valence-corrected chi connectivity index (χ4v) is 4.96. The quantitative estimate of drug-likeness (QED) is 0.693. The topological polar surface area (TPSA) is 104 Å². The molecule has 1 N–H and O–H groups in total. The third kappa shape index (κ3) is 4.29. The van der Waals surface area contributed by atoms with Crippen molar-refractivity contribution in [2.75, 3.05) is 13.6 Å². The van der Waals surface area contributed by atoms with Crippen LogP contribution in [0.15, 0.2) is 53.4 Å². The number of carbonyl (C=O) groups is 3. The molecule has 3 amide bonds. The van der Waals surface area contributed by atoms with E-state index in [2.05, 4.69) is 5.32 Å². The number of hydrogen-bond acceptors (Lipinski definition) is 5. The molecule has 1 aliphatic heterocycles. The highest BCUT2D eigenvalue weighted by atomic mass is 32.2. The largest absolute Gasteiger partial charge is 0.357 e. The molecule has 0 fully saturated rings. The molecule has 0 radical (unpaired) electrons. The zero-order valence-electron chi connectivity index (χ0n) is 17.0. The highest BCUT2D eigenvalue weighted by Crippen LogP contribution is 2.30. The molecule has 1 heterocycles. The van der Waals surface area contributed by atoms with Crippen molar-refractivity contribution in [2.45, 2.75) is 30.8 Å². The third-order valence-corrected chi connectivity index (χ3v) is 6.99. The molecule has 0 aromatic heterocycles. The number of rotatable bonds is 7. The van der Waals surface area contributed by atoms with Gasteiger partial charge in [-0.15, -0.1) is 0 Å². The molecule has 0 aliphatic carbocycles. The van der Waals surface area contributed by atoms with Crippen LogP contribution in [0.2, 0.25) is 0 Å². The molecule has 0 spiro atoms. The van der Waals surface area contributed by atoms with Gasteiger partial charge in [-0.3, -0.25) is 14.4 Å². The molecule has 1 aliphatic rings. The summed E-state index contributed by atoms with van der Waals surface area (Å²) in [6.45, 7) is 0.926. The van der Waals surface area contributed by atoms with Crippen LogP contribution in [0.4, 0.5) is 4.39 Å². The molecule has 0 saturated heterocycles. The summed E-state index contributed by atoms with van der Waals surface area (Å²) in [6, 6.07) is 10.7. The second kappa shape index (κ2) is 8.84. The van der Waals surface area contributed by atoms with Crippen LogP contribution in [0.25, 0.3) is 0 Å². The van der Waals surface area contributed by atoms with Crippen LogP contribution in [0.5, 0.6) is 0 Å². The first-order valence-corrected chi connectivity index (χ1v) is 11.0. The normalized spacial score (nSPS) is 15.3. The van der Waals surface area contributed by atoms with Crippen LogP contribution in [-0.4, -0.2) is 55.0 Å². The zero-order chi connectivity index (χ0) is 22.8. The van der Waals surface area contributed by atoms with Gasteiger partial charge in [-0.2, -0.15) is 0 Å². The smallest absolute Gasteiger partial charge is 0.269 e. The van der Waals surface area contributed by atoms with Crippen molar-refractivity contribution in [2.24, 2.45) is 0 Å². The van der Waals surface area contributed by atoms with Gasteiger partial charge in [0.25, 0.3) is 15.9 Å². The Hall–Kier alpha value is -3.27. The molecular formula is C21H22FN3O5S. The fraction of sp³-hybridized carbons (Fsp3) is 0.286. The second-order valence-electron chi connectivity index (χ2n) is 7.03. The Morgan fingerprint density at radius 1 is 1.13 bits per heavy atom. The molecule has 10 heteroatoms. The Bertz CT molecular complexity index is 1140. The molecule has 2 aromatic carbocycles. The minimum absolute atomic E-state index is 0.0527. The number of sulfonamides is 1. The van der Waals surface area contributed by atoms with Crippen LogP contribution in [0, 0.1) is 5.82 Å². The number of nitrogens with zero attached hydrogens (tertiary/aromatic N) is 2. The SMILES string of the molecule is CNC(=O)[C@@H](C)N(Cc1ccccc1F)C(=O)CCN1C(=O)c2ccccc2S1(=O)=O. The maximum absolute atomic E-state index is 14.1. The lowest BCUT2D eigenvalue weighted by atomic mass is 10.1. The molecule has 0 unspecified atom stereocenters. The van der Waals surface area contributed by atoms with Crippen molar-refractivity contribution in [1.82, 2.24) is 14.5 Å². The highest BCUT2D eigenvalue weighted by molar-refractivity contribution is 7.90. The van der Waals surface area contributed by atoms with Crippen molar-refractivity contribution in [1.29, 1.82) is 0 Å². The molecule has 164 valence electrons. The summed E-state index contributed by atoms with van der Waals surface area (Å²) in [7, 11) is -2.64. The van der Waals surface area contributed by atoms with Crippen molar-refractivity contribution in [3.8, 4) is 0 Å². The lowest BCUT2D eigenvalue weighted by Crippen LogP contribution is -2.47. The first kappa shape index (κ1) is 22.4. The summed E-state index contributed by atoms with van der Waals surface area (Å²) in [6.07, 6.45) is -0.352. The van der Waals surface area contributed by atoms with Crippen molar-refractivity contribution in [3.63, 3.8) is 0 Å². The minimum atomic E-state index is -4.05. The molecule has 1 atom stereocenters. The second-order valence-corrected chi connectivity index (χ2v) is 8.86. The van der Waals surface area contributed by atoms with Crippen LogP contribution in [-0.2, 0) is 26.2 Å². The summed E-state index contributed by atoms with van der Waals surface area (Å²) >= 11 is 0. The molecule has 31 heavy (non-hydrogen) atoms. The van der Waals surface area contributed by atoms with E-state index >= 15 is 0 Å². The van der Waals surface area contributed by atoms with Gasteiger partial charge in [0.05, 0.1) is 5.56 Å². The maximum Gasteiger partial charge on any atom is 0.269 e. The monoisotopic (exact) mass is 447 g/mol. The Kier molecular flexibility index (Phi) is 6.40. The number of hydrogen-bond donors (Lipinski definition) is 1. The van der Waals surface area contributed by atoms with Crippen LogP contribution < -0.4 is 5.32 Å². The summed E-state index contributed by atoms with van der Waals surface area (Å²) in [5, 5.41) is 2.44. The first-order valence-electron chi connectivity index (χ1n) is 9.59. The maximum atomic E-state index is 14.1. The van der Waals surface area contributed by atoms with E-state index in [9.17, 15) is 27.2 Å². The zero-order valence-corrected chi connectivity index (χ0v) is 17.9. The third-order valence-electron chi connectivity index (χ3n) is 5.15. The van der Waals surface area contributed by atoms with Crippen molar-refractivity contribution in [3.05, 3.63) is 65.5 Å². The summed E-state index contributed by atoms with van der Waals surface area (Å²) in [5.74, 6) is -2.28. The Balaban J connectivity index is 1.80. The van der Waals surface area contributed by atoms with E-state index < -0.39 is 39.6 Å². The van der Waals surface area contributed by atoms with Gasteiger partial charge in [0.15, 0.2) is 0 Å². The van der Waals surface area contributed by atoms with E-state index in [1.807, 2.05) is 0 Å². The van der Waals surface area contributed by atoms with E-state index in [1.54, 1.807) is 12.1 Å². The lowest BCUT2D eigenvalue weighted by molar-refractivity contribution is -0.140. The van der Waals surface area contributed by atoms with Gasteiger partial charge in [-0.05, 0) is 25.1 Å². The van der Waals surface area contributed by atoms with Crippen LogP contribution >= 0.6 is 0 Å². The van der Waals surface area contributed by atoms with E-state index in [0.717, 1.165) is 4.90 Å². The molecule has 2 aromatic rings. The average molecular weight is 447 g/mol. The molecule has 8 nitrogen and oxygen atoms in total. The number of likely N-dealkylation sites (N-methyl/N-ethyl adjacent to an activating group) is 1. The Morgan fingerprint density at radius 2 is 1.77 bits per heavy atom. The van der Waals surface area contributed by atoms with Crippen LogP contribution in [0.1, 0.15) is 29.3 Å². The van der Waals surface area contributed by atoms with E-state index in [0.29, 0.717) is 4.31 Å². The molecule has 0 bridgehead atoms. The summed E-state index contributed by atoms with van der Waals surface area (Å²) < 4.78 is 40.1. The average Bonchev–Trinajstić information content (AvgIpc) is 2.96. The standard InChI is InChI=1S/C21H22FN3O5S/c1-14(20(27)23-2)24(13-15-7-3-5-9-17(15)22)19(26)11-12-25-21(28)16-8-4-6-10-18(16)31(25,29)30/h3-10,14H,11-13H2,1-2H3,(H,23,27)/t14-/m1/s1. The lowest BCUT2D eigenvalue weighted by Gasteiger charge is -2.29. The predicted molar refractivity (Wildman–Crippen MR) is 110 cm³/mol. The molecule has 3 rings (SSSR count). The van der Waals surface area contributed by atoms with Gasteiger partial charge in [0.2, 0.25) is 11.8 Å². The van der Waals surface area contributed by atoms with E-state index in [1.165, 1.54) is 50.4 Å². The number of amides is 3. The fourth-order valence-electron chi connectivity index (χ4n) is 3.39. The van der Waals surface area contributed by atoms with Crippen molar-refractivity contribution >= 4 is 27.7 Å². The van der Waals surface area contributed by atoms with Crippen molar-refractivity contribution < 1.29 is 27.2 Å². The predicted octanol–water partition coefficient (Wildman–Crippen LogP) is 1.52. The first-order chi connectivity index (χ1) is 14.7. The van der Waals surface area contributed by atoms with E-state index in [-0.39, 0.29) is 35.5 Å². The summed E-state index contributed by atoms with van der Waals surface area (Å²) in [4.78, 5) is 38.7. The molecular weight excluding hydrogens is 425 g/mol. The van der Waals surface area contributed by atoms with Gasteiger partial charge in [-0.25, -0.2) is 17.1 Å². The van der Waals surface area contributed by atoms with Gasteiger partial charge < -0.3 is 10.2 Å². The van der Waals surface area contributed by atoms with Gasteiger partial charge in [0, 0.05) is 32.1 Å². The highest BCUT2D eigenvalue weighted by Gasteiger charge is 2.41.